The first-order chi connectivity index (χ1) is 10.2. The van der Waals surface area contributed by atoms with Gasteiger partial charge in [0.05, 0.1) is 11.7 Å². The number of ether oxygens (including phenoxy) is 2. The molecule has 1 aromatic heterocycles. The van der Waals surface area contributed by atoms with Crippen molar-refractivity contribution in [3.8, 4) is 11.5 Å². The van der Waals surface area contributed by atoms with E-state index in [2.05, 4.69) is 10.1 Å². The minimum Gasteiger partial charge on any atom is -0.459 e. The molecule has 1 aromatic carbocycles. The van der Waals surface area contributed by atoms with Crippen molar-refractivity contribution in [1.29, 1.82) is 0 Å². The fourth-order valence-corrected chi connectivity index (χ4v) is 2.19. The van der Waals surface area contributed by atoms with Gasteiger partial charge in [0, 0.05) is 12.2 Å². The lowest BCUT2D eigenvalue weighted by Crippen LogP contribution is -2.17. The van der Waals surface area contributed by atoms with Crippen molar-refractivity contribution in [1.82, 2.24) is 10.1 Å². The number of carbonyl (C=O) groups excluding carboxylic acids is 1. The number of rotatable bonds is 4. The Hall–Kier alpha value is -2.21. The van der Waals surface area contributed by atoms with Crippen molar-refractivity contribution < 1.29 is 18.8 Å². The van der Waals surface area contributed by atoms with Gasteiger partial charge in [0.2, 0.25) is 0 Å². The first-order valence-corrected chi connectivity index (χ1v) is 6.92. The summed E-state index contributed by atoms with van der Waals surface area (Å²) in [5.74, 6) is 0.663. The lowest BCUT2D eigenvalue weighted by molar-refractivity contribution is 0.0161. The Balaban J connectivity index is 1.61. The lowest BCUT2D eigenvalue weighted by atomic mass is 10.1. The van der Waals surface area contributed by atoms with E-state index in [4.69, 9.17) is 14.0 Å². The Kier molecular flexibility index (Phi) is 3.96. The summed E-state index contributed by atoms with van der Waals surface area (Å²) in [5.41, 5.74) is 1.26. The Labute approximate surface area is 122 Å². The third-order valence-electron chi connectivity index (χ3n) is 3.32. The number of aryl methyl sites for hydroxylation is 1. The van der Waals surface area contributed by atoms with E-state index in [-0.39, 0.29) is 12.1 Å². The Morgan fingerprint density at radius 2 is 2.19 bits per heavy atom. The van der Waals surface area contributed by atoms with E-state index in [0.29, 0.717) is 23.9 Å². The summed E-state index contributed by atoms with van der Waals surface area (Å²) >= 11 is 0. The maximum Gasteiger partial charge on any atom is 0.338 e. The first kappa shape index (κ1) is 13.8. The Bertz CT molecular complexity index is 615. The van der Waals surface area contributed by atoms with Gasteiger partial charge in [-0.15, -0.1) is 0 Å². The number of esters is 1. The van der Waals surface area contributed by atoms with Crippen molar-refractivity contribution in [2.45, 2.75) is 25.9 Å². The molecule has 1 unspecified atom stereocenters. The van der Waals surface area contributed by atoms with Crippen molar-refractivity contribution in [3.05, 3.63) is 35.7 Å². The van der Waals surface area contributed by atoms with Crippen LogP contribution in [0.15, 0.2) is 28.8 Å². The first-order valence-electron chi connectivity index (χ1n) is 6.92. The Morgan fingerprint density at radius 3 is 2.81 bits per heavy atom. The fraction of sp³-hybridized carbons (Fsp3) is 0.400. The predicted octanol–water partition coefficient (Wildman–Crippen LogP) is 2.38. The molecular weight excluding hydrogens is 272 g/mol. The second-order valence-corrected chi connectivity index (χ2v) is 4.96. The maximum absolute atomic E-state index is 11.9. The van der Waals surface area contributed by atoms with Crippen LogP contribution in [0.1, 0.15) is 29.0 Å². The van der Waals surface area contributed by atoms with Gasteiger partial charge in [0.1, 0.15) is 6.61 Å². The molecule has 110 valence electrons. The van der Waals surface area contributed by atoms with Crippen LogP contribution < -0.4 is 0 Å². The third-order valence-corrected chi connectivity index (χ3v) is 3.32. The van der Waals surface area contributed by atoms with E-state index in [0.717, 1.165) is 25.0 Å². The van der Waals surface area contributed by atoms with Gasteiger partial charge in [0.15, 0.2) is 5.82 Å². The van der Waals surface area contributed by atoms with E-state index in [1.54, 1.807) is 31.2 Å². The fourth-order valence-electron chi connectivity index (χ4n) is 2.19. The maximum atomic E-state index is 11.9. The molecule has 1 aliphatic heterocycles. The van der Waals surface area contributed by atoms with Crippen LogP contribution in [0, 0.1) is 6.92 Å². The molecule has 0 saturated carbocycles. The summed E-state index contributed by atoms with van der Waals surface area (Å²) in [5, 5.41) is 3.73. The molecule has 6 heteroatoms. The zero-order valence-corrected chi connectivity index (χ0v) is 11.7. The van der Waals surface area contributed by atoms with Crippen LogP contribution in [0.5, 0.6) is 0 Å². The predicted molar refractivity (Wildman–Crippen MR) is 73.7 cm³/mol. The van der Waals surface area contributed by atoms with E-state index >= 15 is 0 Å². The van der Waals surface area contributed by atoms with Gasteiger partial charge in [-0.2, -0.15) is 4.98 Å². The van der Waals surface area contributed by atoms with Crippen LogP contribution in [-0.4, -0.2) is 35.4 Å². The lowest BCUT2D eigenvalue weighted by Gasteiger charge is -2.10. The average molecular weight is 288 g/mol. The summed E-state index contributed by atoms with van der Waals surface area (Å²) < 4.78 is 15.7. The molecular formula is C15H16N2O4. The molecule has 1 saturated heterocycles. The van der Waals surface area contributed by atoms with E-state index in [1.807, 2.05) is 0 Å². The molecule has 1 aliphatic rings. The highest BCUT2D eigenvalue weighted by atomic mass is 16.6. The monoisotopic (exact) mass is 288 g/mol. The van der Waals surface area contributed by atoms with Crippen LogP contribution in [0.4, 0.5) is 0 Å². The van der Waals surface area contributed by atoms with Crippen molar-refractivity contribution in [2.24, 2.45) is 0 Å². The van der Waals surface area contributed by atoms with Crippen LogP contribution in [0.3, 0.4) is 0 Å². The quantitative estimate of drug-likeness (QED) is 0.804. The molecule has 1 atom stereocenters. The number of carbonyl (C=O) groups is 1. The molecule has 2 heterocycles. The molecule has 2 aromatic rings. The highest BCUT2D eigenvalue weighted by Crippen LogP contribution is 2.18. The van der Waals surface area contributed by atoms with Crippen LogP contribution in [-0.2, 0) is 9.47 Å². The largest absolute Gasteiger partial charge is 0.459 e. The molecule has 21 heavy (non-hydrogen) atoms. The number of hydrogen-bond donors (Lipinski definition) is 0. The second kappa shape index (κ2) is 6.05. The molecule has 0 amide bonds. The van der Waals surface area contributed by atoms with Gasteiger partial charge < -0.3 is 14.0 Å². The highest BCUT2D eigenvalue weighted by molar-refractivity contribution is 5.89. The topological polar surface area (TPSA) is 74.5 Å². The molecule has 1 fully saturated rings. The number of benzene rings is 1. The minimum absolute atomic E-state index is 0.0367. The van der Waals surface area contributed by atoms with Gasteiger partial charge in [-0.25, -0.2) is 4.79 Å². The molecule has 0 aliphatic carbocycles. The summed E-state index contributed by atoms with van der Waals surface area (Å²) in [6.45, 7) is 2.81. The third kappa shape index (κ3) is 3.28. The van der Waals surface area contributed by atoms with Gasteiger partial charge >= 0.3 is 5.97 Å². The zero-order valence-electron chi connectivity index (χ0n) is 11.7. The van der Waals surface area contributed by atoms with Gasteiger partial charge in [-0.05, 0) is 44.0 Å². The van der Waals surface area contributed by atoms with Crippen LogP contribution >= 0.6 is 0 Å². The molecule has 0 radical (unpaired) electrons. The highest BCUT2D eigenvalue weighted by Gasteiger charge is 2.18. The molecule has 6 nitrogen and oxygen atoms in total. The molecule has 0 spiro atoms. The molecule has 0 N–H and O–H groups in total. The van der Waals surface area contributed by atoms with Crippen molar-refractivity contribution >= 4 is 5.97 Å². The zero-order chi connectivity index (χ0) is 14.7. The van der Waals surface area contributed by atoms with Crippen molar-refractivity contribution in [3.63, 3.8) is 0 Å². The molecule has 0 bridgehead atoms. The van der Waals surface area contributed by atoms with E-state index in [1.165, 1.54) is 0 Å². The van der Waals surface area contributed by atoms with Crippen LogP contribution in [0.2, 0.25) is 0 Å². The van der Waals surface area contributed by atoms with Crippen molar-refractivity contribution in [2.75, 3.05) is 13.2 Å². The smallest absolute Gasteiger partial charge is 0.338 e. The minimum atomic E-state index is -0.348. The second-order valence-electron chi connectivity index (χ2n) is 4.96. The van der Waals surface area contributed by atoms with Gasteiger partial charge in [-0.3, -0.25) is 0 Å². The summed E-state index contributed by atoms with van der Waals surface area (Å²) in [6.07, 6.45) is 2.01. The Morgan fingerprint density at radius 1 is 1.38 bits per heavy atom. The number of nitrogens with zero attached hydrogens (tertiary/aromatic N) is 2. The number of aromatic nitrogens is 2. The molecule has 3 rings (SSSR count). The van der Waals surface area contributed by atoms with E-state index in [9.17, 15) is 4.79 Å². The summed E-state index contributed by atoms with van der Waals surface area (Å²) in [4.78, 5) is 16.1. The summed E-state index contributed by atoms with van der Waals surface area (Å²) in [6, 6.07) is 6.89. The van der Waals surface area contributed by atoms with E-state index < -0.39 is 0 Å². The summed E-state index contributed by atoms with van der Waals surface area (Å²) in [7, 11) is 0. The van der Waals surface area contributed by atoms with Gasteiger partial charge in [0.25, 0.3) is 5.89 Å². The van der Waals surface area contributed by atoms with Crippen LogP contribution in [0.25, 0.3) is 11.5 Å². The average Bonchev–Trinajstić information content (AvgIpc) is 3.16. The SMILES string of the molecule is Cc1noc(-c2ccc(C(=O)OCC3CCCO3)cc2)n1. The standard InChI is InChI=1S/C15H16N2O4/c1-10-16-14(21-17-10)11-4-6-12(7-5-11)15(18)20-9-13-3-2-8-19-13/h4-7,13H,2-3,8-9H2,1H3. The van der Waals surface area contributed by atoms with Gasteiger partial charge in [-0.1, -0.05) is 5.16 Å². The number of hydrogen-bond acceptors (Lipinski definition) is 6. The normalized spacial score (nSPS) is 17.9.